The Balaban J connectivity index is 1.56. The Labute approximate surface area is 184 Å². The molecular weight excluding hydrogens is 420 g/mol. The van der Waals surface area contributed by atoms with Gasteiger partial charge in [0.05, 0.1) is 22.7 Å². The Kier molecular flexibility index (Phi) is 8.07. The number of hydrogen-bond acceptors (Lipinski definition) is 6. The first kappa shape index (κ1) is 23.7. The molecule has 31 heavy (non-hydrogen) atoms. The van der Waals surface area contributed by atoms with Crippen LogP contribution >= 0.6 is 0 Å². The first-order valence-electron chi connectivity index (χ1n) is 10.9. The first-order chi connectivity index (χ1) is 14.8. The SMILES string of the molecule is C[C@H]1CN(S(=O)(=O)c2cccc(C(=O)OCC(=O)NCC3CCCCC3)c2)C[C@H](C)O1. The summed E-state index contributed by atoms with van der Waals surface area (Å²) in [7, 11) is -3.77. The molecule has 0 aromatic heterocycles. The number of carbonyl (C=O) groups excluding carboxylic acids is 2. The van der Waals surface area contributed by atoms with Gasteiger partial charge in [0.2, 0.25) is 10.0 Å². The number of ether oxygens (including phenoxy) is 2. The minimum absolute atomic E-state index is 0.0185. The van der Waals surface area contributed by atoms with Gasteiger partial charge in [-0.05, 0) is 50.8 Å². The highest BCUT2D eigenvalue weighted by Crippen LogP contribution is 2.23. The van der Waals surface area contributed by atoms with E-state index in [2.05, 4.69) is 5.32 Å². The Hall–Kier alpha value is -1.97. The number of nitrogens with zero attached hydrogens (tertiary/aromatic N) is 1. The third-order valence-corrected chi connectivity index (χ3v) is 7.57. The molecular formula is C22H32N2O6S. The van der Waals surface area contributed by atoms with Crippen molar-refractivity contribution in [3.63, 3.8) is 0 Å². The zero-order valence-electron chi connectivity index (χ0n) is 18.2. The molecule has 1 aromatic rings. The maximum atomic E-state index is 13.0. The summed E-state index contributed by atoms with van der Waals surface area (Å²) in [6.07, 6.45) is 5.44. The molecule has 9 heteroatoms. The summed E-state index contributed by atoms with van der Waals surface area (Å²) in [5, 5.41) is 2.82. The third-order valence-electron chi connectivity index (χ3n) is 5.74. The largest absolute Gasteiger partial charge is 0.452 e. The van der Waals surface area contributed by atoms with E-state index in [-0.39, 0.29) is 48.3 Å². The summed E-state index contributed by atoms with van der Waals surface area (Å²) < 4.78 is 38.1. The lowest BCUT2D eigenvalue weighted by molar-refractivity contribution is -0.124. The minimum atomic E-state index is -3.77. The van der Waals surface area contributed by atoms with Crippen LogP contribution < -0.4 is 5.32 Å². The van der Waals surface area contributed by atoms with Crippen LogP contribution in [0.4, 0.5) is 0 Å². The van der Waals surface area contributed by atoms with Crippen LogP contribution in [0.15, 0.2) is 29.2 Å². The Morgan fingerprint density at radius 1 is 1.13 bits per heavy atom. The monoisotopic (exact) mass is 452 g/mol. The van der Waals surface area contributed by atoms with Crippen molar-refractivity contribution in [1.82, 2.24) is 9.62 Å². The van der Waals surface area contributed by atoms with E-state index in [1.807, 2.05) is 13.8 Å². The standard InChI is InChI=1S/C22H32N2O6S/c1-16-13-24(14-17(2)30-16)31(27,28)20-10-6-9-19(11-20)22(26)29-15-21(25)23-12-18-7-4-3-5-8-18/h6,9-11,16-18H,3-5,7-8,12-15H2,1-2H3,(H,23,25)/t16-,17-/m0/s1. The van der Waals surface area contributed by atoms with E-state index in [0.29, 0.717) is 12.5 Å². The molecule has 0 spiro atoms. The van der Waals surface area contributed by atoms with E-state index in [9.17, 15) is 18.0 Å². The quantitative estimate of drug-likeness (QED) is 0.637. The second kappa shape index (κ2) is 10.6. The second-order valence-corrected chi connectivity index (χ2v) is 10.4. The summed E-state index contributed by atoms with van der Waals surface area (Å²) >= 11 is 0. The number of carbonyl (C=O) groups is 2. The second-order valence-electron chi connectivity index (χ2n) is 8.49. The summed E-state index contributed by atoms with van der Waals surface area (Å²) in [4.78, 5) is 24.4. The molecule has 1 aliphatic carbocycles. The van der Waals surface area contributed by atoms with Crippen molar-refractivity contribution in [2.75, 3.05) is 26.2 Å². The molecule has 1 saturated heterocycles. The van der Waals surface area contributed by atoms with Gasteiger partial charge in [-0.2, -0.15) is 4.31 Å². The number of benzene rings is 1. The van der Waals surface area contributed by atoms with E-state index in [0.717, 1.165) is 12.8 Å². The van der Waals surface area contributed by atoms with Crippen LogP contribution in [0.3, 0.4) is 0 Å². The van der Waals surface area contributed by atoms with Crippen molar-refractivity contribution >= 4 is 21.9 Å². The van der Waals surface area contributed by atoms with Crippen molar-refractivity contribution < 1.29 is 27.5 Å². The van der Waals surface area contributed by atoms with Crippen molar-refractivity contribution in [3.05, 3.63) is 29.8 Å². The smallest absolute Gasteiger partial charge is 0.338 e. The van der Waals surface area contributed by atoms with Crippen molar-refractivity contribution in [2.45, 2.75) is 63.1 Å². The van der Waals surface area contributed by atoms with Crippen LogP contribution in [0.5, 0.6) is 0 Å². The molecule has 172 valence electrons. The molecule has 1 N–H and O–H groups in total. The van der Waals surface area contributed by atoms with Gasteiger partial charge in [-0.1, -0.05) is 25.3 Å². The normalized spacial score (nSPS) is 23.3. The molecule has 1 aliphatic heterocycles. The summed E-state index contributed by atoms with van der Waals surface area (Å²) in [5.41, 5.74) is 0.0931. The van der Waals surface area contributed by atoms with Crippen molar-refractivity contribution in [1.29, 1.82) is 0 Å². The zero-order chi connectivity index (χ0) is 22.4. The average Bonchev–Trinajstić information content (AvgIpc) is 2.76. The molecule has 2 atom stereocenters. The fourth-order valence-corrected chi connectivity index (χ4v) is 5.81. The predicted molar refractivity (Wildman–Crippen MR) is 115 cm³/mol. The number of esters is 1. The van der Waals surface area contributed by atoms with Gasteiger partial charge in [0.1, 0.15) is 0 Å². The lowest BCUT2D eigenvalue weighted by Gasteiger charge is -2.34. The highest BCUT2D eigenvalue weighted by molar-refractivity contribution is 7.89. The molecule has 1 aromatic carbocycles. The molecule has 0 unspecified atom stereocenters. The van der Waals surface area contributed by atoms with Gasteiger partial charge in [0, 0.05) is 19.6 Å². The predicted octanol–water partition coefficient (Wildman–Crippen LogP) is 2.34. The average molecular weight is 453 g/mol. The number of nitrogens with one attached hydrogen (secondary N) is 1. The molecule has 0 bridgehead atoms. The molecule has 2 fully saturated rings. The van der Waals surface area contributed by atoms with E-state index in [4.69, 9.17) is 9.47 Å². The maximum absolute atomic E-state index is 13.0. The highest BCUT2D eigenvalue weighted by Gasteiger charge is 2.32. The summed E-state index contributed by atoms with van der Waals surface area (Å²) in [6, 6.07) is 5.72. The molecule has 1 heterocycles. The molecule has 1 amide bonds. The lowest BCUT2D eigenvalue weighted by atomic mass is 9.89. The molecule has 8 nitrogen and oxygen atoms in total. The fraction of sp³-hybridized carbons (Fsp3) is 0.636. The van der Waals surface area contributed by atoms with Gasteiger partial charge in [0.15, 0.2) is 6.61 Å². The fourth-order valence-electron chi connectivity index (χ4n) is 4.17. The van der Waals surface area contributed by atoms with Gasteiger partial charge in [-0.15, -0.1) is 0 Å². The van der Waals surface area contributed by atoms with Crippen LogP contribution in [-0.4, -0.2) is 63.0 Å². The topological polar surface area (TPSA) is 102 Å². The van der Waals surface area contributed by atoms with Crippen LogP contribution in [0.1, 0.15) is 56.3 Å². The van der Waals surface area contributed by atoms with Gasteiger partial charge < -0.3 is 14.8 Å². The van der Waals surface area contributed by atoms with Crippen molar-refractivity contribution in [2.24, 2.45) is 5.92 Å². The van der Waals surface area contributed by atoms with E-state index >= 15 is 0 Å². The van der Waals surface area contributed by atoms with Crippen LogP contribution in [0.2, 0.25) is 0 Å². The molecule has 0 radical (unpaired) electrons. The Morgan fingerprint density at radius 3 is 2.48 bits per heavy atom. The molecule has 2 aliphatic rings. The number of rotatable bonds is 7. The zero-order valence-corrected chi connectivity index (χ0v) is 19.0. The van der Waals surface area contributed by atoms with Gasteiger partial charge in [-0.25, -0.2) is 13.2 Å². The van der Waals surface area contributed by atoms with Crippen LogP contribution in [-0.2, 0) is 24.3 Å². The number of hydrogen-bond donors (Lipinski definition) is 1. The third kappa shape index (κ3) is 6.51. The maximum Gasteiger partial charge on any atom is 0.338 e. The summed E-state index contributed by atoms with van der Waals surface area (Å²) in [6.45, 7) is 4.36. The van der Waals surface area contributed by atoms with Crippen LogP contribution in [0.25, 0.3) is 0 Å². The lowest BCUT2D eigenvalue weighted by Crippen LogP contribution is -2.48. The number of sulfonamides is 1. The Bertz CT molecular complexity index is 872. The van der Waals surface area contributed by atoms with Gasteiger partial charge >= 0.3 is 5.97 Å². The summed E-state index contributed by atoms with van der Waals surface area (Å²) in [5.74, 6) is -0.589. The first-order valence-corrected chi connectivity index (χ1v) is 12.4. The minimum Gasteiger partial charge on any atom is -0.452 e. The Morgan fingerprint density at radius 2 is 1.81 bits per heavy atom. The van der Waals surface area contributed by atoms with Crippen molar-refractivity contribution in [3.8, 4) is 0 Å². The van der Waals surface area contributed by atoms with Gasteiger partial charge in [0.25, 0.3) is 5.91 Å². The number of amides is 1. The van der Waals surface area contributed by atoms with Crippen LogP contribution in [0, 0.1) is 5.92 Å². The highest BCUT2D eigenvalue weighted by atomic mass is 32.2. The molecule has 3 rings (SSSR count). The van der Waals surface area contributed by atoms with E-state index < -0.39 is 16.0 Å². The van der Waals surface area contributed by atoms with E-state index in [1.54, 1.807) is 0 Å². The van der Waals surface area contributed by atoms with E-state index in [1.165, 1.54) is 47.8 Å². The van der Waals surface area contributed by atoms with Gasteiger partial charge in [-0.3, -0.25) is 4.79 Å². The molecule has 1 saturated carbocycles. The number of morpholine rings is 1.